The van der Waals surface area contributed by atoms with E-state index in [2.05, 4.69) is 21.6 Å². The van der Waals surface area contributed by atoms with Crippen LogP contribution in [0.1, 0.15) is 52.6 Å². The van der Waals surface area contributed by atoms with Crippen molar-refractivity contribution in [3.8, 4) is 6.07 Å². The van der Waals surface area contributed by atoms with Crippen molar-refractivity contribution in [1.29, 1.82) is 5.26 Å². The molecule has 0 radical (unpaired) electrons. The van der Waals surface area contributed by atoms with Crippen LogP contribution in [-0.4, -0.2) is 41.4 Å². The average molecular weight is 393 g/mol. The number of hydrogen-bond donors (Lipinski definition) is 2. The van der Waals surface area contributed by atoms with Crippen LogP contribution in [0.5, 0.6) is 0 Å². The number of nitriles is 1. The highest BCUT2D eigenvalue weighted by atomic mass is 16.2. The molecule has 2 heterocycles. The Morgan fingerprint density at radius 3 is 2.62 bits per heavy atom. The van der Waals surface area contributed by atoms with E-state index in [1.54, 1.807) is 19.2 Å². The van der Waals surface area contributed by atoms with E-state index in [4.69, 9.17) is 5.26 Å². The van der Waals surface area contributed by atoms with Gasteiger partial charge >= 0.3 is 0 Å². The van der Waals surface area contributed by atoms with E-state index in [9.17, 15) is 9.59 Å². The van der Waals surface area contributed by atoms with Gasteiger partial charge in [-0.3, -0.25) is 14.5 Å². The SMILES string of the molecule is CNC(=O)c1ccc(C2CCCCN2CC(=O)NCc2ccc(C#N)cc2)n1C. The molecule has 2 aromatic rings. The molecule has 0 aliphatic carbocycles. The van der Waals surface area contributed by atoms with E-state index in [1.807, 2.05) is 35.9 Å². The quantitative estimate of drug-likeness (QED) is 0.786. The second kappa shape index (κ2) is 9.39. The van der Waals surface area contributed by atoms with Crippen LogP contribution in [0.15, 0.2) is 36.4 Å². The van der Waals surface area contributed by atoms with Crippen LogP contribution in [-0.2, 0) is 18.4 Å². The fourth-order valence-electron chi connectivity index (χ4n) is 3.87. The second-order valence-electron chi connectivity index (χ2n) is 7.35. The van der Waals surface area contributed by atoms with Crippen LogP contribution in [0.3, 0.4) is 0 Å². The molecule has 2 N–H and O–H groups in total. The monoisotopic (exact) mass is 393 g/mol. The fourth-order valence-corrected chi connectivity index (χ4v) is 3.87. The molecule has 1 unspecified atom stereocenters. The molecule has 1 aliphatic heterocycles. The van der Waals surface area contributed by atoms with Crippen molar-refractivity contribution in [2.75, 3.05) is 20.1 Å². The Labute approximate surface area is 171 Å². The summed E-state index contributed by atoms with van der Waals surface area (Å²) in [7, 11) is 3.53. The first-order valence-electron chi connectivity index (χ1n) is 9.91. The molecule has 1 aliphatic rings. The van der Waals surface area contributed by atoms with E-state index in [0.29, 0.717) is 24.3 Å². The van der Waals surface area contributed by atoms with Crippen LogP contribution in [0.4, 0.5) is 0 Å². The topological polar surface area (TPSA) is 90.2 Å². The molecule has 7 heteroatoms. The van der Waals surface area contributed by atoms with E-state index in [-0.39, 0.29) is 17.9 Å². The zero-order valence-corrected chi connectivity index (χ0v) is 16.9. The van der Waals surface area contributed by atoms with Crippen molar-refractivity contribution in [1.82, 2.24) is 20.1 Å². The van der Waals surface area contributed by atoms with Gasteiger partial charge in [-0.15, -0.1) is 0 Å². The number of carbonyl (C=O) groups is 2. The van der Waals surface area contributed by atoms with E-state index >= 15 is 0 Å². The molecule has 1 aromatic carbocycles. The zero-order valence-electron chi connectivity index (χ0n) is 16.9. The largest absolute Gasteiger partial charge is 0.354 e. The number of benzene rings is 1. The predicted molar refractivity (Wildman–Crippen MR) is 110 cm³/mol. The summed E-state index contributed by atoms with van der Waals surface area (Å²) >= 11 is 0. The Morgan fingerprint density at radius 2 is 1.93 bits per heavy atom. The van der Waals surface area contributed by atoms with E-state index in [0.717, 1.165) is 37.1 Å². The number of nitrogens with zero attached hydrogens (tertiary/aromatic N) is 3. The average Bonchev–Trinajstić information content (AvgIpc) is 3.13. The van der Waals surface area contributed by atoms with Crippen molar-refractivity contribution < 1.29 is 9.59 Å². The lowest BCUT2D eigenvalue weighted by Crippen LogP contribution is -2.42. The number of nitrogens with one attached hydrogen (secondary N) is 2. The van der Waals surface area contributed by atoms with Gasteiger partial charge in [-0.05, 0) is 49.2 Å². The number of likely N-dealkylation sites (tertiary alicyclic amines) is 1. The molecule has 1 fully saturated rings. The third-order valence-corrected chi connectivity index (χ3v) is 5.49. The number of rotatable bonds is 6. The minimum Gasteiger partial charge on any atom is -0.354 e. The van der Waals surface area contributed by atoms with Crippen LogP contribution in [0.25, 0.3) is 0 Å². The van der Waals surface area contributed by atoms with Crippen LogP contribution >= 0.6 is 0 Å². The smallest absolute Gasteiger partial charge is 0.267 e. The van der Waals surface area contributed by atoms with Gasteiger partial charge < -0.3 is 15.2 Å². The summed E-state index contributed by atoms with van der Waals surface area (Å²) < 4.78 is 1.93. The number of carbonyl (C=O) groups excluding carboxylic acids is 2. The van der Waals surface area contributed by atoms with Crippen LogP contribution in [0, 0.1) is 11.3 Å². The maximum absolute atomic E-state index is 12.6. The summed E-state index contributed by atoms with van der Waals surface area (Å²) in [5.74, 6) is -0.136. The molecule has 0 bridgehead atoms. The highest BCUT2D eigenvalue weighted by Crippen LogP contribution is 2.31. The molecule has 1 atom stereocenters. The Morgan fingerprint density at radius 1 is 1.17 bits per heavy atom. The molecule has 3 rings (SSSR count). The summed E-state index contributed by atoms with van der Waals surface area (Å²) in [4.78, 5) is 26.8. The Balaban J connectivity index is 1.63. The Bertz CT molecular complexity index is 910. The van der Waals surface area contributed by atoms with Gasteiger partial charge in [0.2, 0.25) is 5.91 Å². The normalized spacial score (nSPS) is 16.8. The fraction of sp³-hybridized carbons (Fsp3) is 0.409. The highest BCUT2D eigenvalue weighted by Gasteiger charge is 2.28. The highest BCUT2D eigenvalue weighted by molar-refractivity contribution is 5.92. The first-order chi connectivity index (χ1) is 14.0. The number of amides is 2. The van der Waals surface area contributed by atoms with Gasteiger partial charge in [0.25, 0.3) is 5.91 Å². The zero-order chi connectivity index (χ0) is 20.8. The minimum atomic E-state index is -0.110. The molecule has 1 aromatic heterocycles. The first kappa shape index (κ1) is 20.6. The van der Waals surface area contributed by atoms with Gasteiger partial charge in [-0.1, -0.05) is 18.6 Å². The van der Waals surface area contributed by atoms with E-state index in [1.165, 1.54) is 0 Å². The van der Waals surface area contributed by atoms with Crippen molar-refractivity contribution >= 4 is 11.8 Å². The maximum atomic E-state index is 12.6. The molecular formula is C22H27N5O2. The molecule has 7 nitrogen and oxygen atoms in total. The summed E-state index contributed by atoms with van der Waals surface area (Å²) in [5.41, 5.74) is 3.25. The van der Waals surface area contributed by atoms with Crippen molar-refractivity contribution in [2.24, 2.45) is 7.05 Å². The molecular weight excluding hydrogens is 366 g/mol. The lowest BCUT2D eigenvalue weighted by atomic mass is 9.99. The van der Waals surface area contributed by atoms with Crippen LogP contribution in [0.2, 0.25) is 0 Å². The lowest BCUT2D eigenvalue weighted by molar-refractivity contribution is -0.123. The van der Waals surface area contributed by atoms with Gasteiger partial charge in [-0.2, -0.15) is 5.26 Å². The standard InChI is InChI=1S/C22H27N5O2/c1-24-22(29)20-11-10-18(26(20)2)19-5-3-4-12-27(19)15-21(28)25-14-17-8-6-16(13-23)7-9-17/h6-11,19H,3-5,12,14-15H2,1-2H3,(H,24,29)(H,25,28). The van der Waals surface area contributed by atoms with E-state index < -0.39 is 0 Å². The molecule has 2 amide bonds. The Hall–Kier alpha value is -3.11. The Kier molecular flexibility index (Phi) is 6.68. The lowest BCUT2D eigenvalue weighted by Gasteiger charge is -2.35. The van der Waals surface area contributed by atoms with Crippen LogP contribution < -0.4 is 10.6 Å². The van der Waals surface area contributed by atoms with Crippen molar-refractivity contribution in [2.45, 2.75) is 31.8 Å². The van der Waals surface area contributed by atoms with Gasteiger partial charge in [0.05, 0.1) is 24.2 Å². The molecule has 29 heavy (non-hydrogen) atoms. The summed E-state index contributed by atoms with van der Waals surface area (Å²) in [6, 6.07) is 13.2. The third kappa shape index (κ3) is 4.84. The third-order valence-electron chi connectivity index (χ3n) is 5.49. The second-order valence-corrected chi connectivity index (χ2v) is 7.35. The van der Waals surface area contributed by atoms with Gasteiger partial charge in [0, 0.05) is 26.3 Å². The molecule has 0 spiro atoms. The number of piperidine rings is 1. The summed E-state index contributed by atoms with van der Waals surface area (Å²) in [5, 5.41) is 14.5. The predicted octanol–water partition coefficient (Wildman–Crippen LogP) is 2.10. The number of hydrogen-bond acceptors (Lipinski definition) is 4. The molecule has 0 saturated carbocycles. The van der Waals surface area contributed by atoms with Gasteiger partial charge in [0.1, 0.15) is 5.69 Å². The van der Waals surface area contributed by atoms with Crippen molar-refractivity contribution in [3.05, 3.63) is 58.9 Å². The molecule has 152 valence electrons. The number of aromatic nitrogens is 1. The maximum Gasteiger partial charge on any atom is 0.267 e. The van der Waals surface area contributed by atoms with Gasteiger partial charge in [-0.25, -0.2) is 0 Å². The first-order valence-corrected chi connectivity index (χ1v) is 9.91. The molecule has 1 saturated heterocycles. The van der Waals surface area contributed by atoms with Crippen molar-refractivity contribution in [3.63, 3.8) is 0 Å². The minimum absolute atomic E-state index is 0.0259. The summed E-state index contributed by atoms with van der Waals surface area (Å²) in [6.45, 7) is 1.62. The summed E-state index contributed by atoms with van der Waals surface area (Å²) in [6.07, 6.45) is 3.13. The van der Waals surface area contributed by atoms with Gasteiger partial charge in [0.15, 0.2) is 0 Å².